The van der Waals surface area contributed by atoms with Gasteiger partial charge in [-0.3, -0.25) is 34.9 Å². The molecule has 5 heterocycles. The average molecular weight is 1990 g/mol. The van der Waals surface area contributed by atoms with Gasteiger partial charge < -0.3 is 36.1 Å². The summed E-state index contributed by atoms with van der Waals surface area (Å²) < 4.78 is 90.5. The van der Waals surface area contributed by atoms with Crippen molar-refractivity contribution in [1.29, 1.82) is 5.41 Å². The van der Waals surface area contributed by atoms with Crippen molar-refractivity contribution in [2.45, 2.75) is 40.8 Å². The highest BCUT2D eigenvalue weighted by Crippen LogP contribution is 2.32. The van der Waals surface area contributed by atoms with Crippen LogP contribution in [0.15, 0.2) is 209 Å². The van der Waals surface area contributed by atoms with E-state index in [1.54, 1.807) is 140 Å². The number of thioether (sulfide) groups is 1. The third-order valence-electron chi connectivity index (χ3n) is 15.3. The zero-order valence-corrected chi connectivity index (χ0v) is 72.5. The van der Waals surface area contributed by atoms with Crippen LogP contribution in [0.25, 0.3) is 45.1 Å². The molecule has 13 aromatic rings. The van der Waals surface area contributed by atoms with Crippen LogP contribution in [0.1, 0.15) is 67.4 Å². The minimum atomic E-state index is -1.71. The Kier molecular flexibility index (Phi) is 37.2. The molecule has 8 aromatic carbocycles. The molecule has 0 spiro atoms. The highest BCUT2D eigenvalue weighted by Gasteiger charge is 2.25. The number of hydrogen-bond acceptors (Lipinski definition) is 18. The van der Waals surface area contributed by atoms with Crippen LogP contribution in [0.3, 0.4) is 0 Å². The normalized spacial score (nSPS) is 10.2. The van der Waals surface area contributed by atoms with Gasteiger partial charge in [0.15, 0.2) is 23.3 Å². The number of hydrogen-bond donors (Lipinski definition) is 9. The van der Waals surface area contributed by atoms with Crippen molar-refractivity contribution in [1.82, 2.24) is 60.1 Å². The third-order valence-corrected chi connectivity index (χ3v) is 19.8. The lowest BCUT2D eigenvalue weighted by atomic mass is 9.86. The van der Waals surface area contributed by atoms with E-state index < -0.39 is 30.6 Å². The molecule has 0 aliphatic carbocycles. The molecule has 0 aliphatic rings. The predicted octanol–water partition coefficient (Wildman–Crippen LogP) is 16.5. The summed E-state index contributed by atoms with van der Waals surface area (Å²) in [5.74, 6) is 4.64. The first-order chi connectivity index (χ1) is 54.1. The van der Waals surface area contributed by atoms with Gasteiger partial charge in [0.25, 0.3) is 5.91 Å². The van der Waals surface area contributed by atoms with E-state index in [1.807, 2.05) is 79.9 Å². The second-order valence-corrected chi connectivity index (χ2v) is 29.6. The largest absolute Gasteiger partial charge is 0.505 e. The van der Waals surface area contributed by atoms with Gasteiger partial charge in [-0.05, 0) is 213 Å². The van der Waals surface area contributed by atoms with Gasteiger partial charge in [0.2, 0.25) is 5.91 Å². The number of aromatic nitrogens is 11. The smallest absolute Gasteiger partial charge is 0.465 e. The summed E-state index contributed by atoms with van der Waals surface area (Å²) in [7, 11) is 3.15. The van der Waals surface area contributed by atoms with Crippen molar-refractivity contribution in [2.75, 3.05) is 18.3 Å². The number of nitrogens with one attached hydrogen (secondary N) is 4. The molecule has 0 radical (unpaired) electrons. The molecule has 12 N–H and O–H groups in total. The number of esters is 1. The van der Waals surface area contributed by atoms with Crippen molar-refractivity contribution < 1.29 is 55.5 Å². The van der Waals surface area contributed by atoms with E-state index in [2.05, 4.69) is 164 Å². The summed E-state index contributed by atoms with van der Waals surface area (Å²) >= 11 is 24.2. The molecule has 0 saturated carbocycles. The van der Waals surface area contributed by atoms with Crippen LogP contribution >= 0.6 is 120 Å². The quantitative estimate of drug-likeness (QED) is 0.00596. The number of halogens is 12. The van der Waals surface area contributed by atoms with Crippen LogP contribution in [0.5, 0.6) is 0 Å². The fourth-order valence-electron chi connectivity index (χ4n) is 9.41. The number of anilines is 1. The number of H-pyrrole nitrogens is 2. The number of nitrogens with zero attached hydrogens (tertiary/aromatic N) is 10. The number of methoxy groups -OCH3 is 1. The van der Waals surface area contributed by atoms with E-state index in [-0.39, 0.29) is 66.0 Å². The van der Waals surface area contributed by atoms with Crippen molar-refractivity contribution in [3.63, 3.8) is 0 Å². The molecule has 13 rings (SSSR count). The molecule has 0 saturated heterocycles. The average Bonchev–Trinajstić information content (AvgIpc) is 1.60. The number of aromatic amines is 2. The van der Waals surface area contributed by atoms with E-state index >= 15 is 0 Å². The number of amides is 2. The fraction of sp³-hybridized carbons (Fsp3) is 0.132. The number of hydrazine groups is 1. The number of carbonyl (C=O) groups is 3. The number of benzene rings is 8. The van der Waals surface area contributed by atoms with Gasteiger partial charge in [-0.1, -0.05) is 109 Å². The van der Waals surface area contributed by atoms with Crippen LogP contribution in [-0.2, 0) is 36.7 Å². The van der Waals surface area contributed by atoms with Gasteiger partial charge in [-0.25, -0.2) is 56.9 Å². The van der Waals surface area contributed by atoms with Crippen molar-refractivity contribution in [3.05, 3.63) is 295 Å². The summed E-state index contributed by atoms with van der Waals surface area (Å²) in [5, 5.41) is 42.4. The Bertz CT molecular complexity index is 5250. The third kappa shape index (κ3) is 26.7. The van der Waals surface area contributed by atoms with Crippen molar-refractivity contribution >= 4 is 177 Å². The number of fused-ring (bicyclic) bond motifs is 1. The van der Waals surface area contributed by atoms with Gasteiger partial charge in [0.05, 0.1) is 72.3 Å². The van der Waals surface area contributed by atoms with E-state index in [1.165, 1.54) is 44.1 Å². The Labute approximate surface area is 711 Å². The molecular formula is C76H70BBr6F6N17O6S2. The maximum absolute atomic E-state index is 13.7. The Morgan fingerprint density at radius 1 is 0.588 bits per heavy atom. The minimum Gasteiger partial charge on any atom is -0.465 e. The first-order valence-corrected chi connectivity index (χ1v) is 39.3. The van der Waals surface area contributed by atoms with Gasteiger partial charge >= 0.3 is 13.1 Å². The summed E-state index contributed by atoms with van der Waals surface area (Å²) in [6.45, 7) is 7.92. The Balaban J connectivity index is 0.000000213. The standard InChI is InChI=1S/C23H22BN3O4.2C10H9BrFN3.C9H7BrFN3.C8H7BrFNS.C7H5BrFNO.C7H5BrFNS.C2H6N2O/c1-31-23(28)19-13-25-22(21-18(19)12-20(26-21)24(29)30)27(14-16-8-4-2-5-9-16)15-17-10-6-3-7-11-17;2*1-6-13-10(14-15(6)2)7-4-3-5-8(11)9(7)12;1-5-12-9(14-13-5)6-3-2-4-7(10)8(6)11;1-12-8(11)5-3-2-4-6(9)7(5)10;2*8-5-3-1-2-4(6(5)9)7(10)11;1-2(5)4-3/h2-13,26,29-30H,14-15H2,1H3;2*3-5H,1-2H3;2-4H,1H3,(H,12,13,14);2-4,11H,1H3;2*1-3H,(H2,10,11);3H2,1H3,(H,4,5). The topological polar surface area (TPSA) is 350 Å². The van der Waals surface area contributed by atoms with E-state index in [0.29, 0.717) is 97.7 Å². The number of rotatable bonds is 13. The molecule has 0 unspecified atom stereocenters. The van der Waals surface area contributed by atoms with Crippen LogP contribution in [0.2, 0.25) is 0 Å². The lowest BCUT2D eigenvalue weighted by Crippen LogP contribution is -2.30. The Morgan fingerprint density at radius 2 is 0.974 bits per heavy atom. The number of pyridine rings is 1. The maximum atomic E-state index is 13.7. The zero-order chi connectivity index (χ0) is 84.2. The van der Waals surface area contributed by atoms with Crippen molar-refractivity contribution in [3.8, 4) is 34.2 Å². The fourth-order valence-corrected chi connectivity index (χ4v) is 12.1. The summed E-state index contributed by atoms with van der Waals surface area (Å²) in [6.07, 6.45) is 3.22. The molecular weight excluding hydrogens is 1920 g/mol. The van der Waals surface area contributed by atoms with E-state index in [4.69, 9.17) is 21.6 Å². The van der Waals surface area contributed by atoms with Gasteiger partial charge in [-0.2, -0.15) is 15.3 Å². The molecule has 0 fully saturated rings. The summed E-state index contributed by atoms with van der Waals surface area (Å²) in [5.41, 5.74) is 16.9. The number of carbonyl (C=O) groups excluding carboxylic acids is 3. The maximum Gasteiger partial charge on any atom is 0.505 e. The van der Waals surface area contributed by atoms with Crippen LogP contribution in [0, 0.1) is 61.1 Å². The Morgan fingerprint density at radius 3 is 1.32 bits per heavy atom. The van der Waals surface area contributed by atoms with Gasteiger partial charge in [0.1, 0.15) is 57.4 Å². The number of primary amides is 1. The number of thiocarbonyl (C=S) groups is 1. The first kappa shape index (κ1) is 93.3. The van der Waals surface area contributed by atoms with Gasteiger partial charge in [-0.15, -0.1) is 11.8 Å². The summed E-state index contributed by atoms with van der Waals surface area (Å²) in [4.78, 5) is 54.5. The molecule has 114 heavy (non-hydrogen) atoms. The molecule has 0 bridgehead atoms. The van der Waals surface area contributed by atoms with Gasteiger partial charge in [0, 0.05) is 62.4 Å². The predicted molar refractivity (Wildman–Crippen MR) is 457 cm³/mol. The minimum absolute atomic E-state index is 0.0730. The lowest BCUT2D eigenvalue weighted by Gasteiger charge is -2.25. The summed E-state index contributed by atoms with van der Waals surface area (Å²) in [6, 6.07) is 50.8. The van der Waals surface area contributed by atoms with Crippen LogP contribution in [0.4, 0.5) is 32.2 Å². The highest BCUT2D eigenvalue weighted by molar-refractivity contribution is 9.11. The second kappa shape index (κ2) is 45.5. The molecule has 0 aliphatic heterocycles. The lowest BCUT2D eigenvalue weighted by molar-refractivity contribution is -0.119. The number of aryl methyl sites for hydroxylation is 5. The highest BCUT2D eigenvalue weighted by atomic mass is 79.9. The monoisotopic (exact) mass is 1980 g/mol. The second-order valence-electron chi connectivity index (χ2n) is 23.2. The Hall–Kier alpha value is -9.61. The molecule has 5 aromatic heterocycles. The first-order valence-electron chi connectivity index (χ1n) is 32.9. The molecule has 2 amide bonds. The molecule has 0 atom stereocenters. The number of ether oxygens (including phenoxy) is 1. The molecule has 594 valence electrons. The number of nitrogens with two attached hydrogens (primary N) is 3. The van der Waals surface area contributed by atoms with Crippen LogP contribution < -0.4 is 33.2 Å². The van der Waals surface area contributed by atoms with Crippen molar-refractivity contribution in [2.24, 2.45) is 31.4 Å². The van der Waals surface area contributed by atoms with Crippen LogP contribution in [-0.4, -0.2) is 113 Å². The SMILES string of the molecule is CC(=O)NN.COC(=O)c1cnc(N(Cc2ccccc2)Cc2ccccc2)c2[nH]c(B(O)O)cc12.CSC(=N)c1cccc(Br)c1F.Cc1nc(-c2cccc(Br)c2F)n[nH]1.Cc1nc(-c2cccc(Br)c2F)nn1C.Cc1nc(-c2cccc(Br)c2F)nn1C.NC(=O)c1cccc(Br)c1F.NC(=S)c1cccc(Br)c1F. The van der Waals surface area contributed by atoms with E-state index in [0.717, 1.165) is 22.8 Å². The molecule has 23 nitrogen and oxygen atoms in total. The van der Waals surface area contributed by atoms with E-state index in [9.17, 15) is 50.8 Å². The molecule has 38 heteroatoms. The zero-order valence-electron chi connectivity index (χ0n) is 61.4.